The number of benzene rings is 2. The number of fused-ring (bicyclic) bond motifs is 3. The van der Waals surface area contributed by atoms with Crippen molar-refractivity contribution >= 4 is 34.4 Å². The molecule has 5 rings (SSSR count). The summed E-state index contributed by atoms with van der Waals surface area (Å²) < 4.78 is 10.2. The van der Waals surface area contributed by atoms with E-state index < -0.39 is 5.69 Å². The van der Waals surface area contributed by atoms with Gasteiger partial charge in [-0.3, -0.25) is 13.9 Å². The van der Waals surface area contributed by atoms with Crippen LogP contribution < -0.4 is 20.9 Å². The molecule has 0 spiro atoms. The summed E-state index contributed by atoms with van der Waals surface area (Å²) >= 11 is 5.99. The van der Waals surface area contributed by atoms with Gasteiger partial charge in [0, 0.05) is 25.2 Å². The average molecular weight is 466 g/mol. The SMILES string of the molecule is COc1ccccc1N1C[C@H](C)Cn2c1nc1c2c(=O)n(Cc2ccc(Cl)cc2)c(=O)n1C. The number of nitrogens with zero attached hydrogens (tertiary/aromatic N) is 5. The minimum absolute atomic E-state index is 0.158. The lowest BCUT2D eigenvalue weighted by Crippen LogP contribution is -2.40. The van der Waals surface area contributed by atoms with E-state index in [0.29, 0.717) is 28.7 Å². The van der Waals surface area contributed by atoms with E-state index in [1.165, 1.54) is 9.13 Å². The van der Waals surface area contributed by atoms with E-state index in [1.54, 1.807) is 26.3 Å². The molecular weight excluding hydrogens is 442 g/mol. The molecule has 1 atom stereocenters. The highest BCUT2D eigenvalue weighted by Crippen LogP contribution is 2.37. The van der Waals surface area contributed by atoms with Gasteiger partial charge in [0.2, 0.25) is 5.95 Å². The Morgan fingerprint density at radius 2 is 1.82 bits per heavy atom. The second kappa shape index (κ2) is 8.12. The van der Waals surface area contributed by atoms with E-state index >= 15 is 0 Å². The van der Waals surface area contributed by atoms with Gasteiger partial charge in [-0.05, 0) is 35.7 Å². The van der Waals surface area contributed by atoms with Gasteiger partial charge in [0.15, 0.2) is 11.2 Å². The summed E-state index contributed by atoms with van der Waals surface area (Å²) in [7, 11) is 3.28. The van der Waals surface area contributed by atoms with E-state index in [0.717, 1.165) is 23.5 Å². The van der Waals surface area contributed by atoms with E-state index in [-0.39, 0.29) is 18.0 Å². The molecule has 8 nitrogen and oxygen atoms in total. The maximum Gasteiger partial charge on any atom is 0.332 e. The Morgan fingerprint density at radius 3 is 2.55 bits per heavy atom. The second-order valence-electron chi connectivity index (χ2n) is 8.44. The van der Waals surface area contributed by atoms with Crippen molar-refractivity contribution in [3.05, 3.63) is 80.0 Å². The van der Waals surface area contributed by atoms with Gasteiger partial charge in [-0.1, -0.05) is 42.8 Å². The van der Waals surface area contributed by atoms with Crippen LogP contribution in [-0.2, 0) is 20.1 Å². The molecule has 3 heterocycles. The molecule has 1 aliphatic heterocycles. The van der Waals surface area contributed by atoms with Gasteiger partial charge in [0.25, 0.3) is 5.56 Å². The summed E-state index contributed by atoms with van der Waals surface area (Å²) in [5.74, 6) is 1.60. The van der Waals surface area contributed by atoms with Gasteiger partial charge < -0.3 is 14.2 Å². The van der Waals surface area contributed by atoms with E-state index in [2.05, 4.69) is 11.8 Å². The molecule has 0 radical (unpaired) electrons. The van der Waals surface area contributed by atoms with Crippen LogP contribution in [0.4, 0.5) is 11.6 Å². The number of aromatic nitrogens is 4. The number of methoxy groups -OCH3 is 1. The first-order chi connectivity index (χ1) is 15.9. The van der Waals surface area contributed by atoms with Crippen LogP contribution >= 0.6 is 11.6 Å². The van der Waals surface area contributed by atoms with Crippen LogP contribution in [0.15, 0.2) is 58.1 Å². The topological polar surface area (TPSA) is 74.3 Å². The van der Waals surface area contributed by atoms with Gasteiger partial charge in [-0.25, -0.2) is 4.79 Å². The molecule has 9 heteroatoms. The second-order valence-corrected chi connectivity index (χ2v) is 8.88. The predicted molar refractivity (Wildman–Crippen MR) is 129 cm³/mol. The predicted octanol–water partition coefficient (Wildman–Crippen LogP) is 3.39. The van der Waals surface area contributed by atoms with Crippen molar-refractivity contribution in [3.8, 4) is 5.75 Å². The van der Waals surface area contributed by atoms with Crippen molar-refractivity contribution in [2.75, 3.05) is 18.6 Å². The smallest absolute Gasteiger partial charge is 0.332 e. The molecule has 170 valence electrons. The molecule has 0 saturated carbocycles. The van der Waals surface area contributed by atoms with Gasteiger partial charge in [-0.15, -0.1) is 0 Å². The molecule has 33 heavy (non-hydrogen) atoms. The summed E-state index contributed by atoms with van der Waals surface area (Å²) in [4.78, 5) is 33.5. The number of rotatable bonds is 4. The van der Waals surface area contributed by atoms with Gasteiger partial charge in [-0.2, -0.15) is 4.98 Å². The Balaban J connectivity index is 1.72. The highest BCUT2D eigenvalue weighted by Gasteiger charge is 2.31. The third-order valence-electron chi connectivity index (χ3n) is 6.07. The zero-order chi connectivity index (χ0) is 23.3. The van der Waals surface area contributed by atoms with Crippen LogP contribution in [0.1, 0.15) is 12.5 Å². The average Bonchev–Trinajstić information content (AvgIpc) is 3.20. The summed E-state index contributed by atoms with van der Waals surface area (Å²) in [6.45, 7) is 3.64. The van der Waals surface area contributed by atoms with Crippen LogP contribution in [0.3, 0.4) is 0 Å². The van der Waals surface area contributed by atoms with Crippen molar-refractivity contribution in [1.29, 1.82) is 0 Å². The lowest BCUT2D eigenvalue weighted by Gasteiger charge is -2.33. The fraction of sp³-hybridized carbons (Fsp3) is 0.292. The summed E-state index contributed by atoms with van der Waals surface area (Å²) in [5, 5.41) is 0.602. The highest BCUT2D eigenvalue weighted by atomic mass is 35.5. The number of ether oxygens (including phenoxy) is 1. The summed E-state index contributed by atoms with van der Waals surface area (Å²) in [6.07, 6.45) is 0. The molecule has 2 aromatic carbocycles. The lowest BCUT2D eigenvalue weighted by molar-refractivity contribution is 0.409. The Hall–Kier alpha value is -3.52. The maximum atomic E-state index is 13.6. The maximum absolute atomic E-state index is 13.6. The molecule has 0 saturated heterocycles. The number of aryl methyl sites for hydroxylation is 1. The highest BCUT2D eigenvalue weighted by molar-refractivity contribution is 6.30. The third kappa shape index (κ3) is 3.51. The lowest BCUT2D eigenvalue weighted by atomic mass is 10.1. The van der Waals surface area contributed by atoms with E-state index in [4.69, 9.17) is 21.3 Å². The number of para-hydroxylation sites is 2. The summed E-state index contributed by atoms with van der Waals surface area (Å²) in [5.41, 5.74) is 1.73. The molecule has 0 N–H and O–H groups in total. The molecule has 1 aliphatic rings. The first-order valence-electron chi connectivity index (χ1n) is 10.7. The van der Waals surface area contributed by atoms with Crippen molar-refractivity contribution in [1.82, 2.24) is 18.7 Å². The first kappa shape index (κ1) is 21.3. The van der Waals surface area contributed by atoms with Crippen molar-refractivity contribution in [3.63, 3.8) is 0 Å². The monoisotopic (exact) mass is 465 g/mol. The van der Waals surface area contributed by atoms with Crippen LogP contribution in [-0.4, -0.2) is 32.3 Å². The standard InChI is InChI=1S/C24H24ClN5O3/c1-15-12-28(18-6-4-5-7-19(18)33-3)23-26-21-20(29(23)13-15)22(31)30(24(32)27(21)2)14-16-8-10-17(25)11-9-16/h4-11,15H,12-14H2,1-3H3/t15-/m0/s1. The minimum atomic E-state index is -0.408. The minimum Gasteiger partial charge on any atom is -0.495 e. The number of halogens is 1. The Labute approximate surface area is 195 Å². The van der Waals surface area contributed by atoms with Gasteiger partial charge >= 0.3 is 5.69 Å². The fourth-order valence-corrected chi connectivity index (χ4v) is 4.60. The van der Waals surface area contributed by atoms with Crippen LogP contribution in [0.25, 0.3) is 11.2 Å². The fourth-order valence-electron chi connectivity index (χ4n) is 4.47. The first-order valence-corrected chi connectivity index (χ1v) is 11.1. The normalized spacial score (nSPS) is 15.6. The van der Waals surface area contributed by atoms with Crippen LogP contribution in [0.2, 0.25) is 5.02 Å². The molecule has 2 aromatic heterocycles. The molecule has 4 aromatic rings. The Bertz CT molecular complexity index is 1470. The molecular formula is C24H24ClN5O3. The van der Waals surface area contributed by atoms with Crippen molar-refractivity contribution < 1.29 is 4.74 Å². The van der Waals surface area contributed by atoms with Crippen molar-refractivity contribution in [2.45, 2.75) is 20.0 Å². The Morgan fingerprint density at radius 1 is 1.09 bits per heavy atom. The summed E-state index contributed by atoms with van der Waals surface area (Å²) in [6, 6.07) is 14.9. The van der Waals surface area contributed by atoms with Crippen LogP contribution in [0.5, 0.6) is 5.75 Å². The molecule has 0 fully saturated rings. The molecule has 0 aliphatic carbocycles. The van der Waals surface area contributed by atoms with Gasteiger partial charge in [0.1, 0.15) is 5.75 Å². The number of imidazole rings is 1. The third-order valence-corrected chi connectivity index (χ3v) is 6.32. The molecule has 0 unspecified atom stereocenters. The molecule has 0 amide bonds. The Kier molecular flexibility index (Phi) is 5.25. The quantitative estimate of drug-likeness (QED) is 0.462. The number of anilines is 2. The largest absolute Gasteiger partial charge is 0.495 e. The van der Waals surface area contributed by atoms with Crippen LogP contribution in [0, 0.1) is 5.92 Å². The number of hydrogen-bond donors (Lipinski definition) is 0. The van der Waals surface area contributed by atoms with Gasteiger partial charge in [0.05, 0.1) is 19.3 Å². The van der Waals surface area contributed by atoms with E-state index in [9.17, 15) is 9.59 Å². The zero-order valence-electron chi connectivity index (χ0n) is 18.7. The molecule has 0 bridgehead atoms. The zero-order valence-corrected chi connectivity index (χ0v) is 19.4. The number of hydrogen-bond acceptors (Lipinski definition) is 5. The van der Waals surface area contributed by atoms with Crippen molar-refractivity contribution in [2.24, 2.45) is 13.0 Å². The van der Waals surface area contributed by atoms with E-state index in [1.807, 2.05) is 41.0 Å².